The molecule has 0 spiro atoms. The molecule has 0 saturated heterocycles. The Labute approximate surface area is 184 Å². The Morgan fingerprint density at radius 3 is 2.58 bits per heavy atom. The Bertz CT molecular complexity index is 968. The van der Waals surface area contributed by atoms with Crippen LogP contribution in [0.15, 0.2) is 53.0 Å². The van der Waals surface area contributed by atoms with Crippen LogP contribution in [0.4, 0.5) is 4.79 Å². The topological polar surface area (TPSA) is 105 Å². The largest absolute Gasteiger partial charge is 0.493 e. The van der Waals surface area contributed by atoms with Gasteiger partial charge in [-0.2, -0.15) is 0 Å². The average Bonchev–Trinajstić information content (AvgIpc) is 3.24. The van der Waals surface area contributed by atoms with Crippen molar-refractivity contribution in [3.63, 3.8) is 0 Å². The van der Waals surface area contributed by atoms with E-state index < -0.39 is 18.0 Å². The van der Waals surface area contributed by atoms with Crippen LogP contribution in [0.25, 0.3) is 0 Å². The molecule has 1 aliphatic heterocycles. The van der Waals surface area contributed by atoms with Crippen molar-refractivity contribution < 1.29 is 29.0 Å². The molecule has 9 heteroatoms. The number of hydrogen-bond donors (Lipinski definition) is 2. The number of amides is 2. The van der Waals surface area contributed by atoms with Crippen LogP contribution in [0, 0.1) is 0 Å². The second-order valence-corrected chi connectivity index (χ2v) is 7.86. The molecule has 1 aromatic heterocycles. The molecule has 0 saturated carbocycles. The maximum atomic E-state index is 12.9. The highest BCUT2D eigenvalue weighted by atomic mass is 32.1. The number of carboxylic acids is 1. The number of nitrogens with one attached hydrogen (secondary N) is 1. The van der Waals surface area contributed by atoms with E-state index in [0.717, 1.165) is 4.88 Å². The minimum atomic E-state index is -0.937. The van der Waals surface area contributed by atoms with E-state index in [1.54, 1.807) is 38.1 Å². The number of allylic oxidation sites excluding steroid dienone is 1. The van der Waals surface area contributed by atoms with Crippen molar-refractivity contribution >= 4 is 29.3 Å². The summed E-state index contributed by atoms with van der Waals surface area (Å²) < 4.78 is 10.7. The van der Waals surface area contributed by atoms with Crippen molar-refractivity contribution in [2.24, 2.45) is 0 Å². The summed E-state index contributed by atoms with van der Waals surface area (Å²) in [6, 6.07) is 9.72. The minimum Gasteiger partial charge on any atom is -0.493 e. The molecule has 0 fully saturated rings. The van der Waals surface area contributed by atoms with Crippen LogP contribution in [0.1, 0.15) is 36.8 Å². The molecule has 0 aliphatic carbocycles. The predicted molar refractivity (Wildman–Crippen MR) is 115 cm³/mol. The normalized spacial score (nSPS) is 16.1. The fraction of sp³-hybridized carbons (Fsp3) is 0.318. The molecule has 164 valence electrons. The van der Waals surface area contributed by atoms with E-state index in [1.165, 1.54) is 16.2 Å². The van der Waals surface area contributed by atoms with Gasteiger partial charge in [-0.25, -0.2) is 9.59 Å². The van der Waals surface area contributed by atoms with Crippen LogP contribution in [-0.2, 0) is 20.9 Å². The number of carbonyl (C=O) groups is 3. The highest BCUT2D eigenvalue weighted by Crippen LogP contribution is 2.33. The molecule has 2 heterocycles. The number of nitrogens with zero attached hydrogens (tertiary/aromatic N) is 1. The van der Waals surface area contributed by atoms with Gasteiger partial charge in [0.2, 0.25) is 0 Å². The molecular formula is C22H24N2O6S. The van der Waals surface area contributed by atoms with Crippen LogP contribution < -0.4 is 10.1 Å². The van der Waals surface area contributed by atoms with Crippen molar-refractivity contribution in [1.29, 1.82) is 0 Å². The lowest BCUT2D eigenvalue weighted by Gasteiger charge is -2.35. The number of carboxylic acid groups (broad SMARTS) is 1. The van der Waals surface area contributed by atoms with E-state index in [-0.39, 0.29) is 25.7 Å². The van der Waals surface area contributed by atoms with Gasteiger partial charge >= 0.3 is 18.0 Å². The number of carbonyl (C=O) groups excluding carboxylic acids is 2. The van der Waals surface area contributed by atoms with Crippen molar-refractivity contribution in [3.05, 3.63) is 63.5 Å². The molecule has 3 rings (SSSR count). The maximum Gasteiger partial charge on any atom is 0.338 e. The molecule has 2 N–H and O–H groups in total. The number of hydrogen-bond acceptors (Lipinski definition) is 6. The standard InChI is InChI=1S/C22H24N2O6S/c1-3-29-21(27)19-14(2)24(13-17-5-4-12-31-17)22(28)23-20(19)15-6-8-16(9-7-15)30-11-10-18(25)26/h4-9,12,20H,3,10-11,13H2,1-2H3,(H,23,28)(H,25,26). The van der Waals surface area contributed by atoms with E-state index in [1.807, 2.05) is 17.5 Å². The monoisotopic (exact) mass is 444 g/mol. The molecule has 0 bridgehead atoms. The van der Waals surface area contributed by atoms with Crippen molar-refractivity contribution in [2.45, 2.75) is 32.9 Å². The average molecular weight is 445 g/mol. The Morgan fingerprint density at radius 2 is 1.97 bits per heavy atom. The SMILES string of the molecule is CCOC(=O)C1=C(C)N(Cc2cccs2)C(=O)NC1c1ccc(OCCC(=O)O)cc1. The zero-order valence-electron chi connectivity index (χ0n) is 17.3. The van der Waals surface area contributed by atoms with Crippen LogP contribution in [0.3, 0.4) is 0 Å². The van der Waals surface area contributed by atoms with Gasteiger partial charge in [-0.15, -0.1) is 11.3 Å². The summed E-state index contributed by atoms with van der Waals surface area (Å²) in [7, 11) is 0. The first kappa shape index (κ1) is 22.4. The van der Waals surface area contributed by atoms with Gasteiger partial charge in [-0.3, -0.25) is 9.69 Å². The molecule has 0 radical (unpaired) electrons. The number of esters is 1. The van der Waals surface area contributed by atoms with E-state index in [0.29, 0.717) is 29.1 Å². The van der Waals surface area contributed by atoms with Crippen LogP contribution in [0.2, 0.25) is 0 Å². The number of benzene rings is 1. The second kappa shape index (κ2) is 10.1. The van der Waals surface area contributed by atoms with Crippen molar-refractivity contribution in [1.82, 2.24) is 10.2 Å². The fourth-order valence-electron chi connectivity index (χ4n) is 3.27. The van der Waals surface area contributed by atoms with Gasteiger partial charge in [0.25, 0.3) is 0 Å². The third kappa shape index (κ3) is 5.43. The van der Waals surface area contributed by atoms with E-state index in [4.69, 9.17) is 14.6 Å². The lowest BCUT2D eigenvalue weighted by molar-refractivity contribution is -0.139. The number of urea groups is 1. The Morgan fingerprint density at radius 1 is 1.23 bits per heavy atom. The molecule has 1 aliphatic rings. The molecule has 2 amide bonds. The molecule has 8 nitrogen and oxygen atoms in total. The highest BCUT2D eigenvalue weighted by molar-refractivity contribution is 7.09. The van der Waals surface area contributed by atoms with Crippen LogP contribution in [0.5, 0.6) is 5.75 Å². The van der Waals surface area contributed by atoms with E-state index in [2.05, 4.69) is 5.32 Å². The number of ether oxygens (including phenoxy) is 2. The minimum absolute atomic E-state index is 0.0552. The van der Waals surface area contributed by atoms with Crippen LogP contribution in [-0.4, -0.2) is 41.2 Å². The Kier molecular flexibility index (Phi) is 7.30. The zero-order chi connectivity index (χ0) is 22.4. The first-order valence-electron chi connectivity index (χ1n) is 9.83. The third-order valence-corrected chi connectivity index (χ3v) is 5.64. The summed E-state index contributed by atoms with van der Waals surface area (Å²) >= 11 is 1.54. The van der Waals surface area contributed by atoms with Gasteiger partial charge in [0, 0.05) is 10.6 Å². The van der Waals surface area contributed by atoms with Gasteiger partial charge in [0.1, 0.15) is 5.75 Å². The first-order chi connectivity index (χ1) is 14.9. The number of rotatable bonds is 9. The Balaban J connectivity index is 1.87. The molecule has 1 atom stereocenters. The highest BCUT2D eigenvalue weighted by Gasteiger charge is 2.36. The second-order valence-electron chi connectivity index (χ2n) is 6.83. The van der Waals surface area contributed by atoms with E-state index >= 15 is 0 Å². The van der Waals surface area contributed by atoms with Gasteiger partial charge in [-0.1, -0.05) is 18.2 Å². The lowest BCUT2D eigenvalue weighted by Crippen LogP contribution is -2.47. The maximum absolute atomic E-state index is 12.9. The van der Waals surface area contributed by atoms with Gasteiger partial charge < -0.3 is 19.9 Å². The summed E-state index contributed by atoms with van der Waals surface area (Å²) in [6.07, 6.45) is -0.102. The van der Waals surface area contributed by atoms with Gasteiger partial charge in [0.15, 0.2) is 0 Å². The molecule has 1 aromatic carbocycles. The van der Waals surface area contributed by atoms with Crippen molar-refractivity contribution in [3.8, 4) is 5.75 Å². The van der Waals surface area contributed by atoms with Crippen LogP contribution >= 0.6 is 11.3 Å². The van der Waals surface area contributed by atoms with Gasteiger partial charge in [0.05, 0.1) is 37.8 Å². The number of aliphatic carboxylic acids is 1. The smallest absolute Gasteiger partial charge is 0.338 e. The quantitative estimate of drug-likeness (QED) is 0.572. The molecular weight excluding hydrogens is 420 g/mol. The summed E-state index contributed by atoms with van der Waals surface area (Å²) in [5.41, 5.74) is 1.61. The summed E-state index contributed by atoms with van der Waals surface area (Å²) in [5.74, 6) is -0.916. The predicted octanol–water partition coefficient (Wildman–Crippen LogP) is 3.71. The summed E-state index contributed by atoms with van der Waals surface area (Å²) in [4.78, 5) is 38.8. The molecule has 1 unspecified atom stereocenters. The third-order valence-electron chi connectivity index (χ3n) is 4.78. The van der Waals surface area contributed by atoms with Gasteiger partial charge in [-0.05, 0) is 43.0 Å². The zero-order valence-corrected chi connectivity index (χ0v) is 18.1. The lowest BCUT2D eigenvalue weighted by atomic mass is 9.94. The summed E-state index contributed by atoms with van der Waals surface area (Å²) in [5, 5.41) is 13.6. The first-order valence-corrected chi connectivity index (χ1v) is 10.7. The number of thiophene rings is 1. The summed E-state index contributed by atoms with van der Waals surface area (Å²) in [6.45, 7) is 4.12. The van der Waals surface area contributed by atoms with Crippen molar-refractivity contribution in [2.75, 3.05) is 13.2 Å². The fourth-order valence-corrected chi connectivity index (χ4v) is 3.96. The molecule has 2 aromatic rings. The molecule has 31 heavy (non-hydrogen) atoms. The Hall–Kier alpha value is -3.33. The van der Waals surface area contributed by atoms with E-state index in [9.17, 15) is 14.4 Å².